The number of nitrogens with one attached hydrogen (secondary N) is 2. The molecule has 112 valence electrons. The molecule has 0 bridgehead atoms. The summed E-state index contributed by atoms with van der Waals surface area (Å²) in [5.41, 5.74) is 1.07. The van der Waals surface area contributed by atoms with Crippen LogP contribution < -0.4 is 10.6 Å². The lowest BCUT2D eigenvalue weighted by atomic mass is 9.99. The van der Waals surface area contributed by atoms with Gasteiger partial charge in [0.1, 0.15) is 6.07 Å². The van der Waals surface area contributed by atoms with Crippen molar-refractivity contribution >= 4 is 11.6 Å². The molecule has 1 atom stereocenters. The van der Waals surface area contributed by atoms with Crippen LogP contribution in [0.1, 0.15) is 18.4 Å². The highest BCUT2D eigenvalue weighted by Gasteiger charge is 2.16. The van der Waals surface area contributed by atoms with Crippen molar-refractivity contribution in [1.29, 1.82) is 5.26 Å². The van der Waals surface area contributed by atoms with Crippen molar-refractivity contribution in [2.24, 2.45) is 5.92 Å². The molecule has 0 aliphatic carbocycles. The number of nitrogens with zero attached hydrogens (tertiary/aromatic N) is 2. The van der Waals surface area contributed by atoms with Crippen LogP contribution in [0.4, 0.5) is 5.69 Å². The van der Waals surface area contributed by atoms with Gasteiger partial charge >= 0.3 is 0 Å². The number of anilines is 1. The van der Waals surface area contributed by atoms with Crippen LogP contribution in [0.3, 0.4) is 0 Å². The number of nitriles is 1. The van der Waals surface area contributed by atoms with Gasteiger partial charge in [0.15, 0.2) is 0 Å². The van der Waals surface area contributed by atoms with Gasteiger partial charge in [0.05, 0.1) is 17.8 Å². The van der Waals surface area contributed by atoms with Crippen molar-refractivity contribution < 1.29 is 4.79 Å². The van der Waals surface area contributed by atoms with Gasteiger partial charge in [-0.3, -0.25) is 9.69 Å². The minimum absolute atomic E-state index is 0.0797. The van der Waals surface area contributed by atoms with E-state index in [1.54, 1.807) is 18.2 Å². The van der Waals surface area contributed by atoms with Gasteiger partial charge in [-0.2, -0.15) is 5.26 Å². The Hall–Kier alpha value is -1.90. The van der Waals surface area contributed by atoms with E-state index >= 15 is 0 Å². The van der Waals surface area contributed by atoms with Gasteiger partial charge in [-0.1, -0.05) is 12.1 Å². The highest BCUT2D eigenvalue weighted by atomic mass is 16.2. The third-order valence-corrected chi connectivity index (χ3v) is 3.70. The van der Waals surface area contributed by atoms with Gasteiger partial charge < -0.3 is 10.6 Å². The molecular formula is C16H22N4O. The Balaban J connectivity index is 1.82. The van der Waals surface area contributed by atoms with E-state index in [2.05, 4.69) is 16.7 Å². The van der Waals surface area contributed by atoms with Gasteiger partial charge in [-0.15, -0.1) is 0 Å². The Bertz CT molecular complexity index is 517. The Morgan fingerprint density at radius 1 is 1.52 bits per heavy atom. The maximum atomic E-state index is 12.1. The van der Waals surface area contributed by atoms with E-state index in [4.69, 9.17) is 5.26 Å². The minimum Gasteiger partial charge on any atom is -0.324 e. The third kappa shape index (κ3) is 4.85. The number of hydrogen-bond acceptors (Lipinski definition) is 4. The number of para-hydroxylation sites is 1. The van der Waals surface area contributed by atoms with Crippen LogP contribution in [0, 0.1) is 17.2 Å². The summed E-state index contributed by atoms with van der Waals surface area (Å²) in [7, 11) is 1.96. The van der Waals surface area contributed by atoms with E-state index in [1.165, 1.54) is 12.8 Å². The summed E-state index contributed by atoms with van der Waals surface area (Å²) in [4.78, 5) is 14.1. The second-order valence-electron chi connectivity index (χ2n) is 5.61. The Kier molecular flexibility index (Phi) is 5.73. The number of hydrogen-bond donors (Lipinski definition) is 2. The quantitative estimate of drug-likeness (QED) is 0.859. The topological polar surface area (TPSA) is 68.2 Å². The van der Waals surface area contributed by atoms with Crippen molar-refractivity contribution in [2.45, 2.75) is 12.8 Å². The van der Waals surface area contributed by atoms with E-state index in [1.807, 2.05) is 18.0 Å². The molecule has 1 aliphatic heterocycles. The van der Waals surface area contributed by atoms with Crippen LogP contribution in [0.15, 0.2) is 24.3 Å². The first kappa shape index (κ1) is 15.5. The first-order valence-corrected chi connectivity index (χ1v) is 7.37. The van der Waals surface area contributed by atoms with Crippen molar-refractivity contribution in [3.63, 3.8) is 0 Å². The van der Waals surface area contributed by atoms with Gasteiger partial charge in [0.2, 0.25) is 5.91 Å². The van der Waals surface area contributed by atoms with E-state index in [9.17, 15) is 4.79 Å². The SMILES string of the molecule is CN(CC(=O)Nc1ccccc1C#N)CC1CCCNC1. The van der Waals surface area contributed by atoms with E-state index in [0.29, 0.717) is 23.7 Å². The second kappa shape index (κ2) is 7.77. The molecule has 5 heteroatoms. The number of amides is 1. The molecule has 1 heterocycles. The summed E-state index contributed by atoms with van der Waals surface area (Å²) < 4.78 is 0. The number of rotatable bonds is 5. The molecule has 1 aromatic carbocycles. The highest BCUT2D eigenvalue weighted by molar-refractivity contribution is 5.93. The molecule has 1 unspecified atom stereocenters. The predicted molar refractivity (Wildman–Crippen MR) is 82.9 cm³/mol. The molecule has 0 saturated carbocycles. The fourth-order valence-electron chi connectivity index (χ4n) is 2.71. The first-order chi connectivity index (χ1) is 10.2. The largest absolute Gasteiger partial charge is 0.324 e. The molecule has 0 radical (unpaired) electrons. The molecule has 2 rings (SSSR count). The van der Waals surface area contributed by atoms with E-state index in [-0.39, 0.29) is 5.91 Å². The molecule has 5 nitrogen and oxygen atoms in total. The lowest BCUT2D eigenvalue weighted by Gasteiger charge is -2.27. The van der Waals surface area contributed by atoms with Gasteiger partial charge in [-0.05, 0) is 51.0 Å². The van der Waals surface area contributed by atoms with Gasteiger partial charge in [0.25, 0.3) is 0 Å². The summed E-state index contributed by atoms with van der Waals surface area (Å²) in [6.07, 6.45) is 2.43. The fraction of sp³-hybridized carbons (Fsp3) is 0.500. The van der Waals surface area contributed by atoms with Crippen molar-refractivity contribution in [3.8, 4) is 6.07 Å². The molecule has 1 aromatic rings. The summed E-state index contributed by atoms with van der Waals surface area (Å²) in [5, 5.41) is 15.2. The van der Waals surface area contributed by atoms with Crippen LogP contribution >= 0.6 is 0 Å². The molecule has 1 saturated heterocycles. The molecule has 1 amide bonds. The Labute approximate surface area is 125 Å². The molecule has 1 fully saturated rings. The molecular weight excluding hydrogens is 264 g/mol. The Morgan fingerprint density at radius 3 is 3.05 bits per heavy atom. The van der Waals surface area contributed by atoms with Gasteiger partial charge in [0, 0.05) is 6.54 Å². The standard InChI is InChI=1S/C16H22N4O/c1-20(11-13-5-4-8-18-10-13)12-16(21)19-15-7-3-2-6-14(15)9-17/h2-3,6-7,13,18H,4-5,8,10-12H2,1H3,(H,19,21). The summed E-state index contributed by atoms with van der Waals surface area (Å²) in [6, 6.07) is 9.14. The van der Waals surface area contributed by atoms with Crippen molar-refractivity contribution in [1.82, 2.24) is 10.2 Å². The third-order valence-electron chi connectivity index (χ3n) is 3.70. The zero-order valence-corrected chi connectivity index (χ0v) is 12.4. The second-order valence-corrected chi connectivity index (χ2v) is 5.61. The maximum Gasteiger partial charge on any atom is 0.238 e. The summed E-state index contributed by atoms with van der Waals surface area (Å²) in [5.74, 6) is 0.534. The first-order valence-electron chi connectivity index (χ1n) is 7.37. The average molecular weight is 286 g/mol. The lowest BCUT2D eigenvalue weighted by Crippen LogP contribution is -2.39. The fourth-order valence-corrected chi connectivity index (χ4v) is 2.71. The molecule has 2 N–H and O–H groups in total. The molecule has 0 aromatic heterocycles. The lowest BCUT2D eigenvalue weighted by molar-refractivity contribution is -0.117. The monoisotopic (exact) mass is 286 g/mol. The van der Waals surface area contributed by atoms with E-state index < -0.39 is 0 Å². The number of carbonyl (C=O) groups excluding carboxylic acids is 1. The summed E-state index contributed by atoms with van der Waals surface area (Å²) >= 11 is 0. The van der Waals surface area contributed by atoms with Crippen LogP contribution in [0.2, 0.25) is 0 Å². The maximum absolute atomic E-state index is 12.1. The molecule has 1 aliphatic rings. The van der Waals surface area contributed by atoms with Crippen LogP contribution in [0.5, 0.6) is 0 Å². The molecule has 0 spiro atoms. The average Bonchev–Trinajstić information content (AvgIpc) is 2.48. The number of benzene rings is 1. The molecule has 21 heavy (non-hydrogen) atoms. The number of likely N-dealkylation sites (N-methyl/N-ethyl adjacent to an activating group) is 1. The van der Waals surface area contributed by atoms with E-state index in [0.717, 1.165) is 19.6 Å². The zero-order chi connectivity index (χ0) is 15.1. The smallest absolute Gasteiger partial charge is 0.238 e. The Morgan fingerprint density at radius 2 is 2.33 bits per heavy atom. The van der Waals surface area contributed by atoms with Crippen molar-refractivity contribution in [3.05, 3.63) is 29.8 Å². The predicted octanol–water partition coefficient (Wildman–Crippen LogP) is 1.43. The van der Waals surface area contributed by atoms with Crippen LogP contribution in [0.25, 0.3) is 0 Å². The summed E-state index contributed by atoms with van der Waals surface area (Å²) in [6.45, 7) is 3.39. The zero-order valence-electron chi connectivity index (χ0n) is 12.4. The van der Waals surface area contributed by atoms with Crippen LogP contribution in [-0.2, 0) is 4.79 Å². The number of piperidine rings is 1. The number of carbonyl (C=O) groups is 1. The van der Waals surface area contributed by atoms with Crippen molar-refractivity contribution in [2.75, 3.05) is 38.5 Å². The van der Waals surface area contributed by atoms with Crippen LogP contribution in [-0.4, -0.2) is 44.0 Å². The normalized spacial score (nSPS) is 18.2. The highest BCUT2D eigenvalue weighted by Crippen LogP contribution is 2.14. The van der Waals surface area contributed by atoms with Gasteiger partial charge in [-0.25, -0.2) is 0 Å². The minimum atomic E-state index is -0.0797.